The topological polar surface area (TPSA) is 35.5 Å². The molecule has 0 aliphatic heterocycles. The molecule has 0 fully saturated rings. The molecule has 0 heterocycles. The Kier molecular flexibility index (Phi) is 7.31. The Morgan fingerprint density at radius 3 is 2.30 bits per heavy atom. The molecule has 1 unspecified atom stereocenters. The minimum absolute atomic E-state index is 0.0908. The summed E-state index contributed by atoms with van der Waals surface area (Å²) in [7, 11) is 0. The van der Waals surface area contributed by atoms with Crippen LogP contribution in [0.3, 0.4) is 0 Å². The minimum atomic E-state index is -4.91. The van der Waals surface area contributed by atoms with E-state index >= 15 is 0 Å². The molecule has 0 saturated carbocycles. The first kappa shape index (κ1) is 24.6. The average Bonchev–Trinajstić information content (AvgIpc) is 2.75. The molecule has 0 radical (unpaired) electrons. The fraction of sp³-hybridized carbons (Fsp3) is 0.292. The smallest absolute Gasteiger partial charge is 0.416 e. The lowest BCUT2D eigenvalue weighted by Gasteiger charge is -2.23. The summed E-state index contributed by atoms with van der Waals surface area (Å²) in [5.74, 6) is -0.480. The van der Waals surface area contributed by atoms with Gasteiger partial charge in [0.05, 0.1) is 30.4 Å². The molecule has 0 spiro atoms. The van der Waals surface area contributed by atoms with E-state index in [9.17, 15) is 31.1 Å². The summed E-state index contributed by atoms with van der Waals surface area (Å²) in [6.07, 6.45) is -3.45. The molecule has 0 N–H and O–H groups in total. The van der Waals surface area contributed by atoms with Crippen molar-refractivity contribution >= 4 is 18.1 Å². The Balaban J connectivity index is 1.78. The molecule has 1 atom stereocenters. The minimum Gasteiger partial charge on any atom is -0.463 e. The quantitative estimate of drug-likeness (QED) is 0.260. The molecular formula is C24H20F6O3. The first-order chi connectivity index (χ1) is 15.5. The molecule has 33 heavy (non-hydrogen) atoms. The van der Waals surface area contributed by atoms with Gasteiger partial charge < -0.3 is 9.47 Å². The van der Waals surface area contributed by atoms with Gasteiger partial charge in [-0.25, -0.2) is 4.79 Å². The van der Waals surface area contributed by atoms with Gasteiger partial charge in [0.15, 0.2) is 0 Å². The lowest BCUT2D eigenvalue weighted by molar-refractivity contribution is -0.143. The van der Waals surface area contributed by atoms with Gasteiger partial charge in [-0.1, -0.05) is 24.3 Å². The van der Waals surface area contributed by atoms with Crippen molar-refractivity contribution in [2.45, 2.75) is 38.4 Å². The van der Waals surface area contributed by atoms with Gasteiger partial charge >= 0.3 is 18.3 Å². The molecule has 2 aromatic rings. The highest BCUT2D eigenvalue weighted by molar-refractivity contribution is 5.87. The molecule has 1 aliphatic carbocycles. The molecule has 2 aromatic carbocycles. The van der Waals surface area contributed by atoms with Gasteiger partial charge in [-0.2, -0.15) is 26.3 Å². The summed E-state index contributed by atoms with van der Waals surface area (Å²) < 4.78 is 89.0. The van der Waals surface area contributed by atoms with Crippen molar-refractivity contribution in [2.75, 3.05) is 6.61 Å². The van der Waals surface area contributed by atoms with Crippen molar-refractivity contribution in [1.29, 1.82) is 0 Å². The van der Waals surface area contributed by atoms with E-state index in [0.717, 1.165) is 16.7 Å². The fourth-order valence-electron chi connectivity index (χ4n) is 3.39. The van der Waals surface area contributed by atoms with Crippen molar-refractivity contribution in [2.24, 2.45) is 0 Å². The third kappa shape index (κ3) is 6.47. The third-order valence-corrected chi connectivity index (χ3v) is 4.90. The van der Waals surface area contributed by atoms with Crippen molar-refractivity contribution in [3.05, 3.63) is 81.9 Å². The molecule has 0 saturated heterocycles. The Morgan fingerprint density at radius 1 is 1.03 bits per heavy atom. The van der Waals surface area contributed by atoms with E-state index in [1.54, 1.807) is 37.3 Å². The second kappa shape index (κ2) is 9.82. The van der Waals surface area contributed by atoms with Crippen molar-refractivity contribution < 1.29 is 40.6 Å². The van der Waals surface area contributed by atoms with Crippen LogP contribution in [0.5, 0.6) is 0 Å². The first-order valence-corrected chi connectivity index (χ1v) is 10.0. The van der Waals surface area contributed by atoms with Crippen LogP contribution < -0.4 is 0 Å². The maximum absolute atomic E-state index is 13.1. The zero-order valence-electron chi connectivity index (χ0n) is 17.5. The van der Waals surface area contributed by atoms with Crippen LogP contribution in [0, 0.1) is 0 Å². The molecule has 3 nitrogen and oxygen atoms in total. The Labute approximate surface area is 186 Å². The van der Waals surface area contributed by atoms with Crippen LogP contribution in [0.2, 0.25) is 0 Å². The van der Waals surface area contributed by atoms with E-state index in [1.165, 1.54) is 6.08 Å². The standard InChI is InChI=1S/C24H20F6O3/c1-2-32-22(31)9-7-15-6-8-20-17(10-15)4-3-5-21(20)33-14-16-11-18(23(25,26)27)13-19(12-16)24(28,29)30/h3-4,6-13,21H,2,5,14H2,1H3/b9-7+. The van der Waals surface area contributed by atoms with Crippen LogP contribution in [0.1, 0.15) is 52.8 Å². The highest BCUT2D eigenvalue weighted by atomic mass is 19.4. The maximum Gasteiger partial charge on any atom is 0.416 e. The van der Waals surface area contributed by atoms with Crippen molar-refractivity contribution in [3.63, 3.8) is 0 Å². The number of carbonyl (C=O) groups excluding carboxylic acids is 1. The van der Waals surface area contributed by atoms with Gasteiger partial charge in [0.25, 0.3) is 0 Å². The van der Waals surface area contributed by atoms with E-state index < -0.39 is 42.2 Å². The number of hydrogen-bond acceptors (Lipinski definition) is 3. The van der Waals surface area contributed by atoms with Crippen LogP contribution >= 0.6 is 0 Å². The Morgan fingerprint density at radius 2 is 1.70 bits per heavy atom. The molecule has 176 valence electrons. The molecule has 9 heteroatoms. The zero-order valence-corrected chi connectivity index (χ0v) is 17.5. The zero-order chi connectivity index (χ0) is 24.2. The molecule has 0 amide bonds. The Hall–Kier alpha value is -3.07. The van der Waals surface area contributed by atoms with Crippen LogP contribution in [-0.4, -0.2) is 12.6 Å². The van der Waals surface area contributed by atoms with E-state index in [-0.39, 0.29) is 18.2 Å². The third-order valence-electron chi connectivity index (χ3n) is 4.90. The second-order valence-corrected chi connectivity index (χ2v) is 7.33. The molecule has 0 bridgehead atoms. The molecule has 3 rings (SSSR count). The predicted octanol–water partition coefficient (Wildman–Crippen LogP) is 6.98. The number of hydrogen-bond donors (Lipinski definition) is 0. The number of fused-ring (bicyclic) bond motifs is 1. The summed E-state index contributed by atoms with van der Waals surface area (Å²) in [6.45, 7) is 1.53. The fourth-order valence-corrected chi connectivity index (χ4v) is 3.39. The van der Waals surface area contributed by atoms with Gasteiger partial charge in [0, 0.05) is 6.08 Å². The lowest BCUT2D eigenvalue weighted by atomic mass is 9.93. The number of alkyl halides is 6. The maximum atomic E-state index is 13.1. The summed E-state index contributed by atoms with van der Waals surface area (Å²) in [6, 6.07) is 6.70. The highest BCUT2D eigenvalue weighted by Gasteiger charge is 2.37. The normalized spacial score (nSPS) is 16.2. The SMILES string of the molecule is CCOC(=O)/C=C/c1ccc2c(c1)C=CCC2OCc1cc(C(F)(F)F)cc(C(F)(F)F)c1. The van der Waals surface area contributed by atoms with Gasteiger partial charge in [0.2, 0.25) is 0 Å². The van der Waals surface area contributed by atoms with Gasteiger partial charge in [-0.15, -0.1) is 0 Å². The van der Waals surface area contributed by atoms with E-state index in [2.05, 4.69) is 0 Å². The molecule has 0 aromatic heterocycles. The number of benzene rings is 2. The van der Waals surface area contributed by atoms with Crippen LogP contribution in [0.4, 0.5) is 26.3 Å². The molecule has 1 aliphatic rings. The van der Waals surface area contributed by atoms with E-state index in [1.807, 2.05) is 6.08 Å². The van der Waals surface area contributed by atoms with Crippen LogP contribution in [0.15, 0.2) is 48.6 Å². The van der Waals surface area contributed by atoms with E-state index in [4.69, 9.17) is 9.47 Å². The van der Waals surface area contributed by atoms with Gasteiger partial charge in [-0.3, -0.25) is 0 Å². The number of halogens is 6. The average molecular weight is 470 g/mol. The second-order valence-electron chi connectivity index (χ2n) is 7.33. The Bertz CT molecular complexity index is 1030. The van der Waals surface area contributed by atoms with Gasteiger partial charge in [0.1, 0.15) is 0 Å². The summed E-state index contributed by atoms with van der Waals surface area (Å²) in [5.41, 5.74) is -0.732. The number of ether oxygens (including phenoxy) is 2. The van der Waals surface area contributed by atoms with Crippen molar-refractivity contribution in [1.82, 2.24) is 0 Å². The van der Waals surface area contributed by atoms with Crippen molar-refractivity contribution in [3.8, 4) is 0 Å². The monoisotopic (exact) mass is 470 g/mol. The molecular weight excluding hydrogens is 450 g/mol. The summed E-state index contributed by atoms with van der Waals surface area (Å²) >= 11 is 0. The van der Waals surface area contributed by atoms with Crippen LogP contribution in [-0.2, 0) is 33.2 Å². The summed E-state index contributed by atoms with van der Waals surface area (Å²) in [4.78, 5) is 11.5. The lowest BCUT2D eigenvalue weighted by Crippen LogP contribution is -2.13. The number of rotatable bonds is 6. The largest absolute Gasteiger partial charge is 0.463 e. The number of carbonyl (C=O) groups is 1. The van der Waals surface area contributed by atoms with Crippen LogP contribution in [0.25, 0.3) is 12.2 Å². The highest BCUT2D eigenvalue weighted by Crippen LogP contribution is 2.37. The van der Waals surface area contributed by atoms with E-state index in [0.29, 0.717) is 18.6 Å². The predicted molar refractivity (Wildman–Crippen MR) is 110 cm³/mol. The van der Waals surface area contributed by atoms with Gasteiger partial charge in [-0.05, 0) is 65.9 Å². The number of esters is 1. The first-order valence-electron chi connectivity index (χ1n) is 10.0. The summed E-state index contributed by atoms with van der Waals surface area (Å²) in [5, 5.41) is 0.